The molecular weight excluding hydrogens is 377 g/mol. The van der Waals surface area contributed by atoms with E-state index >= 15 is 0 Å². The van der Waals surface area contributed by atoms with Crippen molar-refractivity contribution >= 4 is 29.9 Å². The molecule has 1 rings (SSSR count). The fourth-order valence-corrected chi connectivity index (χ4v) is 1.91. The van der Waals surface area contributed by atoms with Gasteiger partial charge in [0.25, 0.3) is 0 Å². The van der Waals surface area contributed by atoms with Crippen molar-refractivity contribution in [3.05, 3.63) is 29.8 Å². The molecule has 0 aromatic heterocycles. The van der Waals surface area contributed by atoms with Crippen LogP contribution in [0.5, 0.6) is 5.75 Å². The summed E-state index contributed by atoms with van der Waals surface area (Å²) in [6.07, 6.45) is 1.08. The van der Waals surface area contributed by atoms with Gasteiger partial charge in [-0.15, -0.1) is 24.0 Å². The van der Waals surface area contributed by atoms with E-state index in [0.717, 1.165) is 31.2 Å². The molecule has 5 heteroatoms. The average Bonchev–Trinajstić information content (AvgIpc) is 2.47. The van der Waals surface area contributed by atoms with Gasteiger partial charge in [0.15, 0.2) is 5.96 Å². The molecule has 0 atom stereocenters. The van der Waals surface area contributed by atoms with Crippen LogP contribution in [0.2, 0.25) is 0 Å². The van der Waals surface area contributed by atoms with Crippen LogP contribution in [0.4, 0.5) is 0 Å². The maximum atomic E-state index is 5.29. The van der Waals surface area contributed by atoms with Crippen molar-refractivity contribution in [3.63, 3.8) is 0 Å². The molecule has 21 heavy (non-hydrogen) atoms. The molecule has 0 spiro atoms. The molecule has 0 aliphatic carbocycles. The van der Waals surface area contributed by atoms with Crippen LogP contribution in [0, 0.1) is 0 Å². The highest BCUT2D eigenvalue weighted by Gasteiger charge is 2.21. The molecule has 0 saturated carbocycles. The molecule has 2 N–H and O–H groups in total. The third kappa shape index (κ3) is 6.54. The summed E-state index contributed by atoms with van der Waals surface area (Å²) in [5, 5.41) is 6.66. The van der Waals surface area contributed by atoms with E-state index in [1.54, 1.807) is 14.2 Å². The van der Waals surface area contributed by atoms with Crippen molar-refractivity contribution in [1.29, 1.82) is 0 Å². The minimum atomic E-state index is -0.00161. The minimum Gasteiger partial charge on any atom is -0.497 e. The largest absolute Gasteiger partial charge is 0.497 e. The molecule has 0 heterocycles. The Morgan fingerprint density at radius 2 is 2.00 bits per heavy atom. The Morgan fingerprint density at radius 3 is 2.57 bits per heavy atom. The fraction of sp³-hybridized carbons (Fsp3) is 0.562. The lowest BCUT2D eigenvalue weighted by molar-refractivity contribution is 0.411. The molecule has 0 amide bonds. The number of ether oxygens (including phenoxy) is 1. The Labute approximate surface area is 145 Å². The van der Waals surface area contributed by atoms with Gasteiger partial charge < -0.3 is 15.4 Å². The zero-order valence-electron chi connectivity index (χ0n) is 13.7. The lowest BCUT2D eigenvalue weighted by Crippen LogP contribution is -2.43. The number of rotatable bonds is 6. The normalized spacial score (nSPS) is 11.6. The van der Waals surface area contributed by atoms with Crippen molar-refractivity contribution in [2.75, 3.05) is 27.2 Å². The Balaban J connectivity index is 0.00000400. The van der Waals surface area contributed by atoms with Gasteiger partial charge in [-0.3, -0.25) is 4.99 Å². The summed E-state index contributed by atoms with van der Waals surface area (Å²) >= 11 is 0. The molecule has 0 aliphatic rings. The molecular formula is C16H28IN3O. The number of guanidine groups is 1. The van der Waals surface area contributed by atoms with Crippen LogP contribution >= 0.6 is 24.0 Å². The van der Waals surface area contributed by atoms with Gasteiger partial charge in [0, 0.05) is 25.6 Å². The first kappa shape index (κ1) is 20.0. The summed E-state index contributed by atoms with van der Waals surface area (Å²) in [6.45, 7) is 8.30. The smallest absolute Gasteiger partial charge is 0.191 e. The number of benzene rings is 1. The number of nitrogens with zero attached hydrogens (tertiary/aromatic N) is 1. The summed E-state index contributed by atoms with van der Waals surface area (Å²) in [6, 6.07) is 8.21. The summed E-state index contributed by atoms with van der Waals surface area (Å²) in [7, 11) is 3.49. The van der Waals surface area contributed by atoms with E-state index in [0.29, 0.717) is 0 Å². The quantitative estimate of drug-likeness (QED) is 0.434. The van der Waals surface area contributed by atoms with E-state index in [9.17, 15) is 0 Å². The standard InChI is InChI=1S/C16H27N3O.HI/c1-6-10-18-15(17-4)19-12-16(2,3)13-8-7-9-14(11-13)20-5;/h7-9,11H,6,10,12H2,1-5H3,(H2,17,18,19);1H. The van der Waals surface area contributed by atoms with E-state index in [1.807, 2.05) is 12.1 Å². The predicted molar refractivity (Wildman–Crippen MR) is 101 cm³/mol. The van der Waals surface area contributed by atoms with Gasteiger partial charge in [0.1, 0.15) is 5.75 Å². The lowest BCUT2D eigenvalue weighted by Gasteiger charge is -2.27. The highest BCUT2D eigenvalue weighted by Crippen LogP contribution is 2.25. The Hall–Kier alpha value is -0.980. The zero-order valence-corrected chi connectivity index (χ0v) is 16.0. The van der Waals surface area contributed by atoms with Gasteiger partial charge in [0.2, 0.25) is 0 Å². The van der Waals surface area contributed by atoms with Crippen LogP contribution in [0.15, 0.2) is 29.3 Å². The molecule has 4 nitrogen and oxygen atoms in total. The molecule has 1 aromatic rings. The number of nitrogens with one attached hydrogen (secondary N) is 2. The molecule has 0 radical (unpaired) electrons. The van der Waals surface area contributed by atoms with Gasteiger partial charge in [0.05, 0.1) is 7.11 Å². The Morgan fingerprint density at radius 1 is 1.29 bits per heavy atom. The molecule has 1 aromatic carbocycles. The monoisotopic (exact) mass is 405 g/mol. The number of halogens is 1. The minimum absolute atomic E-state index is 0. The number of methoxy groups -OCH3 is 1. The third-order valence-corrected chi connectivity index (χ3v) is 3.32. The van der Waals surface area contributed by atoms with Crippen molar-refractivity contribution in [1.82, 2.24) is 10.6 Å². The highest BCUT2D eigenvalue weighted by molar-refractivity contribution is 14.0. The summed E-state index contributed by atoms with van der Waals surface area (Å²) < 4.78 is 5.29. The molecule has 0 aliphatic heterocycles. The molecule has 0 bridgehead atoms. The first-order chi connectivity index (χ1) is 9.53. The second-order valence-corrected chi connectivity index (χ2v) is 5.47. The van der Waals surface area contributed by atoms with E-state index in [2.05, 4.69) is 48.5 Å². The summed E-state index contributed by atoms with van der Waals surface area (Å²) in [4.78, 5) is 4.23. The van der Waals surface area contributed by atoms with Crippen LogP contribution in [0.3, 0.4) is 0 Å². The van der Waals surface area contributed by atoms with Gasteiger partial charge in [-0.25, -0.2) is 0 Å². The maximum absolute atomic E-state index is 5.29. The molecule has 0 fully saturated rings. The zero-order chi connectivity index (χ0) is 15.0. The van der Waals surface area contributed by atoms with E-state index < -0.39 is 0 Å². The number of hydrogen-bond donors (Lipinski definition) is 2. The van der Waals surface area contributed by atoms with E-state index in [-0.39, 0.29) is 29.4 Å². The van der Waals surface area contributed by atoms with Crippen LogP contribution in [0.1, 0.15) is 32.8 Å². The van der Waals surface area contributed by atoms with Gasteiger partial charge >= 0.3 is 0 Å². The van der Waals surface area contributed by atoms with E-state index in [4.69, 9.17) is 4.74 Å². The van der Waals surface area contributed by atoms with Crippen molar-refractivity contribution in [3.8, 4) is 5.75 Å². The maximum Gasteiger partial charge on any atom is 0.191 e. The van der Waals surface area contributed by atoms with Crippen LogP contribution in [0.25, 0.3) is 0 Å². The van der Waals surface area contributed by atoms with Gasteiger partial charge in [-0.2, -0.15) is 0 Å². The second kappa shape index (κ2) is 9.87. The van der Waals surface area contributed by atoms with Crippen molar-refractivity contribution in [2.45, 2.75) is 32.6 Å². The number of aliphatic imine (C=N–C) groups is 1. The summed E-state index contributed by atoms with van der Waals surface area (Å²) in [5.74, 6) is 1.74. The molecule has 120 valence electrons. The first-order valence-corrected chi connectivity index (χ1v) is 7.12. The van der Waals surface area contributed by atoms with E-state index in [1.165, 1.54) is 5.56 Å². The predicted octanol–water partition coefficient (Wildman–Crippen LogP) is 3.17. The SMILES string of the molecule is CCCNC(=NC)NCC(C)(C)c1cccc(OC)c1.I. The van der Waals surface area contributed by atoms with Crippen LogP contribution < -0.4 is 15.4 Å². The third-order valence-electron chi connectivity index (χ3n) is 3.32. The van der Waals surface area contributed by atoms with Gasteiger partial charge in [-0.05, 0) is 24.1 Å². The Kier molecular flexibility index (Phi) is 9.41. The second-order valence-electron chi connectivity index (χ2n) is 5.47. The molecule has 0 saturated heterocycles. The number of hydrogen-bond acceptors (Lipinski definition) is 2. The molecule has 0 unspecified atom stereocenters. The average molecular weight is 405 g/mol. The van der Waals surface area contributed by atoms with Crippen molar-refractivity contribution < 1.29 is 4.74 Å². The topological polar surface area (TPSA) is 45.7 Å². The van der Waals surface area contributed by atoms with Crippen molar-refractivity contribution in [2.24, 2.45) is 4.99 Å². The highest BCUT2D eigenvalue weighted by atomic mass is 127. The van der Waals surface area contributed by atoms with Crippen LogP contribution in [-0.4, -0.2) is 33.2 Å². The summed E-state index contributed by atoms with van der Waals surface area (Å²) in [5.41, 5.74) is 1.24. The van der Waals surface area contributed by atoms with Crippen LogP contribution in [-0.2, 0) is 5.41 Å². The first-order valence-electron chi connectivity index (χ1n) is 7.12. The fourth-order valence-electron chi connectivity index (χ4n) is 1.91. The Bertz CT molecular complexity index is 447. The lowest BCUT2D eigenvalue weighted by atomic mass is 9.84. The van der Waals surface area contributed by atoms with Gasteiger partial charge in [-0.1, -0.05) is 32.9 Å².